The first-order valence-electron chi connectivity index (χ1n) is 11.0. The van der Waals surface area contributed by atoms with Crippen molar-refractivity contribution in [1.82, 2.24) is 19.9 Å². The van der Waals surface area contributed by atoms with E-state index in [-0.39, 0.29) is 17.8 Å². The minimum absolute atomic E-state index is 0.0408. The number of fused-ring (bicyclic) bond motifs is 1. The molecule has 3 heterocycles. The van der Waals surface area contributed by atoms with Crippen LogP contribution in [0.3, 0.4) is 0 Å². The molecule has 7 heteroatoms. The summed E-state index contributed by atoms with van der Waals surface area (Å²) in [7, 11) is 0. The van der Waals surface area contributed by atoms with Crippen molar-refractivity contribution in [2.75, 3.05) is 26.3 Å². The molecule has 2 aromatic carbocycles. The lowest BCUT2D eigenvalue weighted by atomic mass is 9.97. The zero-order valence-corrected chi connectivity index (χ0v) is 18.1. The Hall–Kier alpha value is -3.84. The second-order valence-electron chi connectivity index (χ2n) is 8.05. The maximum atomic E-state index is 13.3. The van der Waals surface area contributed by atoms with Gasteiger partial charge in [-0.25, -0.2) is 9.97 Å². The third-order valence-corrected chi connectivity index (χ3v) is 5.68. The van der Waals surface area contributed by atoms with Crippen molar-refractivity contribution >= 4 is 16.8 Å². The van der Waals surface area contributed by atoms with Crippen molar-refractivity contribution in [3.05, 3.63) is 90.4 Å². The number of nitrogens with zero attached hydrogens (tertiary/aromatic N) is 4. The van der Waals surface area contributed by atoms with Crippen LogP contribution in [0.5, 0.6) is 11.8 Å². The monoisotopic (exact) mass is 440 g/mol. The first kappa shape index (κ1) is 21.0. The van der Waals surface area contributed by atoms with Gasteiger partial charge in [-0.1, -0.05) is 30.3 Å². The third-order valence-electron chi connectivity index (χ3n) is 5.68. The molecule has 0 bridgehead atoms. The van der Waals surface area contributed by atoms with Crippen molar-refractivity contribution in [3.63, 3.8) is 0 Å². The van der Waals surface area contributed by atoms with E-state index in [0.29, 0.717) is 37.6 Å². The Morgan fingerprint density at radius 2 is 1.82 bits per heavy atom. The Morgan fingerprint density at radius 3 is 2.73 bits per heavy atom. The third kappa shape index (κ3) is 4.99. The molecule has 0 N–H and O–H groups in total. The Kier molecular flexibility index (Phi) is 6.21. The van der Waals surface area contributed by atoms with E-state index in [1.165, 1.54) is 5.56 Å². The molecule has 1 fully saturated rings. The van der Waals surface area contributed by atoms with Crippen LogP contribution >= 0.6 is 0 Å². The lowest BCUT2D eigenvalue weighted by Crippen LogP contribution is -2.36. The van der Waals surface area contributed by atoms with Gasteiger partial charge < -0.3 is 14.4 Å². The summed E-state index contributed by atoms with van der Waals surface area (Å²) in [5.41, 5.74) is 2.75. The van der Waals surface area contributed by atoms with Crippen LogP contribution in [-0.2, 0) is 11.2 Å². The summed E-state index contributed by atoms with van der Waals surface area (Å²) in [6.07, 6.45) is 5.84. The van der Waals surface area contributed by atoms with Crippen LogP contribution in [0.1, 0.15) is 15.9 Å². The number of carbonyl (C=O) groups excluding carboxylic acids is 1. The Labute approximate surface area is 192 Å². The minimum Gasteiger partial charge on any atom is -0.424 e. The van der Waals surface area contributed by atoms with Gasteiger partial charge in [0.25, 0.3) is 5.91 Å². The van der Waals surface area contributed by atoms with E-state index in [4.69, 9.17) is 9.47 Å². The number of pyridine rings is 1. The van der Waals surface area contributed by atoms with Gasteiger partial charge in [-0.15, -0.1) is 0 Å². The van der Waals surface area contributed by atoms with Gasteiger partial charge in [0, 0.05) is 48.5 Å². The molecule has 0 saturated carbocycles. The molecule has 1 aliphatic rings. The molecule has 5 rings (SSSR count). The quantitative estimate of drug-likeness (QED) is 0.464. The number of para-hydroxylation sites is 1. The van der Waals surface area contributed by atoms with Crippen molar-refractivity contribution in [1.29, 1.82) is 0 Å². The molecule has 33 heavy (non-hydrogen) atoms. The predicted octanol–water partition coefficient (Wildman–Crippen LogP) is 4.15. The molecule has 1 saturated heterocycles. The van der Waals surface area contributed by atoms with Crippen LogP contribution in [0, 0.1) is 5.92 Å². The maximum Gasteiger partial charge on any atom is 0.321 e. The number of ether oxygens (including phenoxy) is 2. The first-order chi connectivity index (χ1) is 16.3. The lowest BCUT2D eigenvalue weighted by molar-refractivity contribution is 0.0737. The summed E-state index contributed by atoms with van der Waals surface area (Å²) < 4.78 is 11.6. The molecule has 0 unspecified atom stereocenters. The molecule has 2 aromatic heterocycles. The molecule has 7 nitrogen and oxygen atoms in total. The number of aromatic nitrogens is 3. The number of carbonyl (C=O) groups is 1. The van der Waals surface area contributed by atoms with Gasteiger partial charge in [0.05, 0.1) is 18.7 Å². The SMILES string of the molecule is O=C(c1cccc(Oc2ncccn2)c1)N1CCOC[C@H](Cc2cccc3cccnc23)C1. The van der Waals surface area contributed by atoms with Crippen molar-refractivity contribution in [2.24, 2.45) is 5.92 Å². The Balaban J connectivity index is 1.32. The number of rotatable bonds is 5. The van der Waals surface area contributed by atoms with Crippen molar-refractivity contribution in [2.45, 2.75) is 6.42 Å². The van der Waals surface area contributed by atoms with Gasteiger partial charge in [0.1, 0.15) is 5.75 Å². The summed E-state index contributed by atoms with van der Waals surface area (Å²) in [5.74, 6) is 0.665. The van der Waals surface area contributed by atoms with Crippen LogP contribution < -0.4 is 4.74 Å². The molecule has 1 atom stereocenters. The highest BCUT2D eigenvalue weighted by atomic mass is 16.5. The smallest absolute Gasteiger partial charge is 0.321 e. The van der Waals surface area contributed by atoms with Crippen LogP contribution in [0.15, 0.2) is 79.3 Å². The summed E-state index contributed by atoms with van der Waals surface area (Å²) in [6.45, 7) is 2.30. The van der Waals surface area contributed by atoms with E-state index in [2.05, 4.69) is 39.2 Å². The summed E-state index contributed by atoms with van der Waals surface area (Å²) in [6, 6.07) is 19.3. The molecular formula is C26H24N4O3. The van der Waals surface area contributed by atoms with Gasteiger partial charge in [0.15, 0.2) is 0 Å². The lowest BCUT2D eigenvalue weighted by Gasteiger charge is -2.24. The average molecular weight is 441 g/mol. The number of hydrogen-bond donors (Lipinski definition) is 0. The van der Waals surface area contributed by atoms with Crippen LogP contribution in [-0.4, -0.2) is 52.1 Å². The Morgan fingerprint density at radius 1 is 1.00 bits per heavy atom. The highest BCUT2D eigenvalue weighted by Crippen LogP contribution is 2.23. The summed E-state index contributed by atoms with van der Waals surface area (Å²) >= 11 is 0. The fraction of sp³-hybridized carbons (Fsp3) is 0.231. The molecule has 1 aliphatic heterocycles. The highest BCUT2D eigenvalue weighted by Gasteiger charge is 2.24. The average Bonchev–Trinajstić information content (AvgIpc) is 3.10. The number of amides is 1. The maximum absolute atomic E-state index is 13.3. The topological polar surface area (TPSA) is 77.4 Å². The zero-order chi connectivity index (χ0) is 22.5. The van der Waals surface area contributed by atoms with E-state index >= 15 is 0 Å². The minimum atomic E-state index is -0.0408. The van der Waals surface area contributed by atoms with Gasteiger partial charge in [-0.05, 0) is 42.3 Å². The van der Waals surface area contributed by atoms with E-state index in [1.807, 2.05) is 17.2 Å². The molecule has 0 spiro atoms. The van der Waals surface area contributed by atoms with E-state index in [1.54, 1.807) is 42.7 Å². The predicted molar refractivity (Wildman–Crippen MR) is 124 cm³/mol. The Bertz CT molecular complexity index is 1240. The van der Waals surface area contributed by atoms with Crippen molar-refractivity contribution in [3.8, 4) is 11.8 Å². The van der Waals surface area contributed by atoms with E-state index < -0.39 is 0 Å². The molecule has 1 amide bonds. The van der Waals surface area contributed by atoms with E-state index in [0.717, 1.165) is 17.3 Å². The molecule has 166 valence electrons. The van der Waals surface area contributed by atoms with Gasteiger partial charge in [0.2, 0.25) is 0 Å². The molecule has 0 aliphatic carbocycles. The highest BCUT2D eigenvalue weighted by molar-refractivity contribution is 5.94. The zero-order valence-electron chi connectivity index (χ0n) is 18.1. The number of benzene rings is 2. The normalized spacial score (nSPS) is 16.4. The second-order valence-corrected chi connectivity index (χ2v) is 8.05. The summed E-state index contributed by atoms with van der Waals surface area (Å²) in [5, 5.41) is 1.12. The van der Waals surface area contributed by atoms with E-state index in [9.17, 15) is 4.79 Å². The van der Waals surface area contributed by atoms with Crippen LogP contribution in [0.25, 0.3) is 10.9 Å². The van der Waals surface area contributed by atoms with Crippen LogP contribution in [0.4, 0.5) is 0 Å². The molecular weight excluding hydrogens is 416 g/mol. The van der Waals surface area contributed by atoms with Crippen molar-refractivity contribution < 1.29 is 14.3 Å². The van der Waals surface area contributed by atoms with Gasteiger partial charge in [-0.3, -0.25) is 9.78 Å². The molecule has 0 radical (unpaired) electrons. The fourth-order valence-electron chi connectivity index (χ4n) is 4.15. The molecule has 4 aromatic rings. The fourth-order valence-corrected chi connectivity index (χ4v) is 4.15. The van der Waals surface area contributed by atoms with Gasteiger partial charge >= 0.3 is 6.01 Å². The van der Waals surface area contributed by atoms with Gasteiger partial charge in [-0.2, -0.15) is 0 Å². The largest absolute Gasteiger partial charge is 0.424 e. The van der Waals surface area contributed by atoms with Crippen LogP contribution in [0.2, 0.25) is 0 Å². The first-order valence-corrected chi connectivity index (χ1v) is 11.0. The standard InChI is InChI=1S/C26H24N4O3/c31-25(22-7-2-9-23(16-22)33-26-28-11-4-12-29-26)30-13-14-32-18-19(17-30)15-21-6-1-5-20-8-3-10-27-24(20)21/h1-12,16,19H,13-15,17-18H2/t19-/m1/s1. The second kappa shape index (κ2) is 9.75. The number of hydrogen-bond acceptors (Lipinski definition) is 6. The summed E-state index contributed by atoms with van der Waals surface area (Å²) in [4.78, 5) is 27.9.